The van der Waals surface area contributed by atoms with Crippen molar-refractivity contribution in [3.8, 4) is 0 Å². The van der Waals surface area contributed by atoms with E-state index in [2.05, 4.69) is 5.32 Å². The van der Waals surface area contributed by atoms with Crippen LogP contribution in [0.25, 0.3) is 0 Å². The Bertz CT molecular complexity index is 959. The number of rotatable bonds is 6. The molecule has 2 heterocycles. The second kappa shape index (κ2) is 9.98. The Balaban J connectivity index is 1.57. The Labute approximate surface area is 192 Å². The molecule has 1 N–H and O–H groups in total. The number of benzene rings is 1. The maximum absolute atomic E-state index is 13.0. The summed E-state index contributed by atoms with van der Waals surface area (Å²) in [6.07, 6.45) is -0.324. The van der Waals surface area contributed by atoms with Crippen LogP contribution in [0.4, 0.5) is 11.4 Å². The molecule has 11 nitrogen and oxygen atoms in total. The lowest BCUT2D eigenvalue weighted by atomic mass is 10.2. The summed E-state index contributed by atoms with van der Waals surface area (Å²) in [5.41, 5.74) is 0.119. The van der Waals surface area contributed by atoms with Crippen LogP contribution in [0.3, 0.4) is 0 Å². The quantitative estimate of drug-likeness (QED) is 0.474. The van der Waals surface area contributed by atoms with Gasteiger partial charge in [0, 0.05) is 51.4 Å². The van der Waals surface area contributed by atoms with E-state index in [1.807, 2.05) is 18.7 Å². The first kappa shape index (κ1) is 24.8. The summed E-state index contributed by atoms with van der Waals surface area (Å²) < 4.78 is 34.6. The molecular weight excluding hydrogens is 462 g/mol. The predicted octanol–water partition coefficient (Wildman–Crippen LogP) is 1.55. The minimum atomic E-state index is -3.60. The maximum atomic E-state index is 13.0. The van der Waals surface area contributed by atoms with Gasteiger partial charge in [-0.25, -0.2) is 0 Å². The van der Waals surface area contributed by atoms with Crippen molar-refractivity contribution >= 4 is 39.1 Å². The SMILES string of the molecule is CC1CN(S(=O)(=O)N2CCN(C(C)C(=O)Nc3ccc([N+](=O)[O-])cc3Cl)CC2)CC(C)O1. The van der Waals surface area contributed by atoms with Crippen LogP contribution in [-0.2, 0) is 19.7 Å². The number of nitrogens with zero attached hydrogens (tertiary/aromatic N) is 4. The van der Waals surface area contributed by atoms with E-state index in [-0.39, 0.29) is 47.6 Å². The minimum Gasteiger partial charge on any atom is -0.373 e. The number of nitro benzene ring substituents is 1. The first-order valence-electron chi connectivity index (χ1n) is 10.4. The topological polar surface area (TPSA) is 125 Å². The average molecular weight is 490 g/mol. The van der Waals surface area contributed by atoms with E-state index in [1.165, 1.54) is 26.8 Å². The van der Waals surface area contributed by atoms with Crippen LogP contribution in [-0.4, -0.2) is 90.3 Å². The number of ether oxygens (including phenoxy) is 1. The average Bonchev–Trinajstić information content (AvgIpc) is 2.73. The molecule has 178 valence electrons. The molecule has 1 amide bonds. The predicted molar refractivity (Wildman–Crippen MR) is 120 cm³/mol. The summed E-state index contributed by atoms with van der Waals surface area (Å²) in [5, 5.41) is 13.6. The molecule has 2 fully saturated rings. The fourth-order valence-electron chi connectivity index (χ4n) is 3.93. The fraction of sp³-hybridized carbons (Fsp3) is 0.632. The molecule has 0 bridgehead atoms. The molecule has 13 heteroatoms. The van der Waals surface area contributed by atoms with Crippen LogP contribution in [0.1, 0.15) is 20.8 Å². The molecule has 0 radical (unpaired) electrons. The van der Waals surface area contributed by atoms with Gasteiger partial charge in [-0.15, -0.1) is 0 Å². The number of nitro groups is 1. The smallest absolute Gasteiger partial charge is 0.282 e. The molecule has 0 spiro atoms. The summed E-state index contributed by atoms with van der Waals surface area (Å²) in [4.78, 5) is 24.8. The third-order valence-corrected chi connectivity index (χ3v) is 7.94. The Morgan fingerprint density at radius 2 is 1.78 bits per heavy atom. The minimum absolute atomic E-state index is 0.0737. The molecule has 1 aromatic carbocycles. The van der Waals surface area contributed by atoms with Crippen LogP contribution in [0, 0.1) is 10.1 Å². The molecule has 32 heavy (non-hydrogen) atoms. The standard InChI is InChI=1S/C19H28ClN5O6S/c1-13-11-24(12-14(2)31-13)32(29,30)23-8-6-22(7-9-23)15(3)19(26)21-18-5-4-16(25(27)28)10-17(18)20/h4-5,10,13-15H,6-9,11-12H2,1-3H3,(H,21,26). The van der Waals surface area contributed by atoms with Gasteiger partial charge in [-0.05, 0) is 26.8 Å². The van der Waals surface area contributed by atoms with Gasteiger partial charge in [-0.1, -0.05) is 11.6 Å². The van der Waals surface area contributed by atoms with E-state index < -0.39 is 21.2 Å². The summed E-state index contributed by atoms with van der Waals surface area (Å²) >= 11 is 6.05. The number of amides is 1. The summed E-state index contributed by atoms with van der Waals surface area (Å²) in [6, 6.07) is 3.30. The molecule has 3 rings (SSSR count). The Hall–Kier alpha value is -1.83. The number of morpholine rings is 1. The highest BCUT2D eigenvalue weighted by Crippen LogP contribution is 2.27. The second-order valence-corrected chi connectivity index (χ2v) is 10.4. The fourth-order valence-corrected chi connectivity index (χ4v) is 5.90. The van der Waals surface area contributed by atoms with Gasteiger partial charge >= 0.3 is 0 Å². The van der Waals surface area contributed by atoms with Gasteiger partial charge in [-0.3, -0.25) is 19.8 Å². The number of halogens is 1. The number of non-ortho nitro benzene ring substituents is 1. The Morgan fingerprint density at radius 3 is 2.31 bits per heavy atom. The number of anilines is 1. The van der Waals surface area contributed by atoms with Gasteiger partial charge < -0.3 is 10.1 Å². The zero-order valence-electron chi connectivity index (χ0n) is 18.2. The lowest BCUT2D eigenvalue weighted by Crippen LogP contribution is -2.58. The monoisotopic (exact) mass is 489 g/mol. The lowest BCUT2D eigenvalue weighted by molar-refractivity contribution is -0.384. The third-order valence-electron chi connectivity index (χ3n) is 5.66. The van der Waals surface area contributed by atoms with Gasteiger partial charge in [0.05, 0.1) is 33.9 Å². The van der Waals surface area contributed by atoms with Crippen LogP contribution >= 0.6 is 11.6 Å². The molecule has 3 unspecified atom stereocenters. The van der Waals surface area contributed by atoms with Crippen molar-refractivity contribution in [3.63, 3.8) is 0 Å². The van der Waals surface area contributed by atoms with Gasteiger partial charge in [0.2, 0.25) is 5.91 Å². The van der Waals surface area contributed by atoms with Crippen LogP contribution in [0.5, 0.6) is 0 Å². The zero-order chi connectivity index (χ0) is 23.6. The van der Waals surface area contributed by atoms with Crippen LogP contribution in [0.15, 0.2) is 18.2 Å². The Morgan fingerprint density at radius 1 is 1.19 bits per heavy atom. The summed E-state index contributed by atoms with van der Waals surface area (Å²) in [5.74, 6) is -0.326. The molecule has 2 saturated heterocycles. The van der Waals surface area contributed by atoms with Crippen molar-refractivity contribution in [2.45, 2.75) is 39.0 Å². The second-order valence-electron chi connectivity index (χ2n) is 8.10. The van der Waals surface area contributed by atoms with Gasteiger partial charge in [0.1, 0.15) is 0 Å². The molecule has 0 aromatic heterocycles. The summed E-state index contributed by atoms with van der Waals surface area (Å²) in [7, 11) is -3.60. The van der Waals surface area contributed by atoms with Crippen molar-refractivity contribution in [3.05, 3.63) is 33.3 Å². The number of carbonyl (C=O) groups excluding carboxylic acids is 1. The van der Waals surface area contributed by atoms with Crippen molar-refractivity contribution in [2.24, 2.45) is 0 Å². The molecule has 0 saturated carbocycles. The van der Waals surface area contributed by atoms with Crippen molar-refractivity contribution < 1.29 is 22.9 Å². The molecular formula is C19H28ClN5O6S. The van der Waals surface area contributed by atoms with Crippen molar-refractivity contribution in [2.75, 3.05) is 44.6 Å². The highest BCUT2D eigenvalue weighted by Gasteiger charge is 2.37. The van der Waals surface area contributed by atoms with E-state index >= 15 is 0 Å². The van der Waals surface area contributed by atoms with Gasteiger partial charge in [-0.2, -0.15) is 17.0 Å². The molecule has 3 atom stereocenters. The first-order valence-corrected chi connectivity index (χ1v) is 12.2. The van der Waals surface area contributed by atoms with E-state index in [4.69, 9.17) is 16.3 Å². The van der Waals surface area contributed by atoms with E-state index in [9.17, 15) is 23.3 Å². The lowest BCUT2D eigenvalue weighted by Gasteiger charge is -2.41. The highest BCUT2D eigenvalue weighted by atomic mass is 35.5. The maximum Gasteiger partial charge on any atom is 0.282 e. The van der Waals surface area contributed by atoms with E-state index in [0.717, 1.165) is 0 Å². The van der Waals surface area contributed by atoms with Gasteiger partial charge in [0.25, 0.3) is 15.9 Å². The first-order chi connectivity index (χ1) is 15.0. The largest absolute Gasteiger partial charge is 0.373 e. The zero-order valence-corrected chi connectivity index (χ0v) is 19.8. The van der Waals surface area contributed by atoms with Crippen molar-refractivity contribution in [1.82, 2.24) is 13.5 Å². The number of carbonyl (C=O) groups is 1. The molecule has 2 aliphatic heterocycles. The van der Waals surface area contributed by atoms with E-state index in [0.29, 0.717) is 26.2 Å². The number of nitrogens with one attached hydrogen (secondary N) is 1. The summed E-state index contributed by atoms with van der Waals surface area (Å²) in [6.45, 7) is 7.43. The van der Waals surface area contributed by atoms with Gasteiger partial charge in [0.15, 0.2) is 0 Å². The Kier molecular flexibility index (Phi) is 7.73. The van der Waals surface area contributed by atoms with Crippen LogP contribution in [0.2, 0.25) is 5.02 Å². The third kappa shape index (κ3) is 5.56. The number of hydrogen-bond acceptors (Lipinski definition) is 7. The molecule has 0 aliphatic carbocycles. The number of piperazine rings is 1. The molecule has 2 aliphatic rings. The number of hydrogen-bond donors (Lipinski definition) is 1. The van der Waals surface area contributed by atoms with E-state index in [1.54, 1.807) is 6.92 Å². The highest BCUT2D eigenvalue weighted by molar-refractivity contribution is 7.86. The van der Waals surface area contributed by atoms with Crippen molar-refractivity contribution in [1.29, 1.82) is 0 Å². The molecule has 1 aromatic rings. The van der Waals surface area contributed by atoms with Crippen LogP contribution < -0.4 is 5.32 Å². The normalized spacial score (nSPS) is 24.8.